The van der Waals surface area contributed by atoms with Gasteiger partial charge in [-0.2, -0.15) is 5.26 Å². The quantitative estimate of drug-likeness (QED) is 0.312. The molecule has 2 N–H and O–H groups in total. The number of hydrogen-bond donors (Lipinski definition) is 1. The largest absolute Gasteiger partial charge is 0.384 e. The molecule has 7 heteroatoms. The molecule has 0 aromatic heterocycles. The van der Waals surface area contributed by atoms with E-state index in [1.165, 1.54) is 12.1 Å². The fourth-order valence-electron chi connectivity index (χ4n) is 5.78. The molecule has 2 aliphatic rings. The molecule has 1 aliphatic heterocycles. The number of Topliss-reactive ketones (excluding diaryl/α,β-unsaturated/α-hetero) is 1. The Morgan fingerprint density at radius 3 is 2.40 bits per heavy atom. The number of allylic oxidation sites excluding steroid dienone is 3. The Morgan fingerprint density at radius 2 is 1.75 bits per heavy atom. The first-order valence-electron chi connectivity index (χ1n) is 13.2. The van der Waals surface area contributed by atoms with E-state index in [2.05, 4.69) is 39.0 Å². The Morgan fingerprint density at radius 1 is 1.07 bits per heavy atom. The minimum absolute atomic E-state index is 0.0145. The zero-order chi connectivity index (χ0) is 28.8. The number of carbonyl (C=O) groups is 1. The van der Waals surface area contributed by atoms with Crippen molar-refractivity contribution in [3.63, 3.8) is 0 Å². The SMILES string of the molecule is Cc1cc(C)c(C2C(C#N)=C(N)N(c3ccc(F)cc3)C3=C2C(=O)CC(C)(C)C3)cc1CSc1ccc(Cl)cc1. The Bertz CT molecular complexity index is 1600. The molecular formula is C33H31ClFN3OS. The molecule has 1 aliphatic carbocycles. The van der Waals surface area contributed by atoms with Gasteiger partial charge in [-0.05, 0) is 96.5 Å². The van der Waals surface area contributed by atoms with Gasteiger partial charge in [0.15, 0.2) is 5.78 Å². The number of nitrogens with two attached hydrogens (primary N) is 1. The van der Waals surface area contributed by atoms with E-state index in [-0.39, 0.29) is 22.8 Å². The third-order valence-electron chi connectivity index (χ3n) is 7.71. The van der Waals surface area contributed by atoms with Crippen LogP contribution < -0.4 is 10.6 Å². The summed E-state index contributed by atoms with van der Waals surface area (Å²) in [4.78, 5) is 16.8. The van der Waals surface area contributed by atoms with E-state index in [1.54, 1.807) is 28.8 Å². The summed E-state index contributed by atoms with van der Waals surface area (Å²) in [6.45, 7) is 8.23. The van der Waals surface area contributed by atoms with Gasteiger partial charge >= 0.3 is 0 Å². The molecule has 0 saturated carbocycles. The lowest BCUT2D eigenvalue weighted by Gasteiger charge is -2.44. The van der Waals surface area contributed by atoms with Gasteiger partial charge in [0.2, 0.25) is 0 Å². The van der Waals surface area contributed by atoms with Crippen molar-refractivity contribution in [2.75, 3.05) is 4.90 Å². The highest BCUT2D eigenvalue weighted by Gasteiger charge is 2.45. The molecule has 0 fully saturated rings. The topological polar surface area (TPSA) is 70.1 Å². The smallest absolute Gasteiger partial charge is 0.162 e. The van der Waals surface area contributed by atoms with Gasteiger partial charge in [-0.25, -0.2) is 4.39 Å². The minimum atomic E-state index is -0.569. The van der Waals surface area contributed by atoms with E-state index in [9.17, 15) is 14.4 Å². The molecule has 4 nitrogen and oxygen atoms in total. The van der Waals surface area contributed by atoms with Gasteiger partial charge in [-0.1, -0.05) is 37.6 Å². The van der Waals surface area contributed by atoms with Crippen LogP contribution in [0.3, 0.4) is 0 Å². The number of hydrogen-bond acceptors (Lipinski definition) is 5. The summed E-state index contributed by atoms with van der Waals surface area (Å²) in [5.41, 5.74) is 13.0. The van der Waals surface area contributed by atoms with E-state index >= 15 is 0 Å². The number of halogens is 2. The van der Waals surface area contributed by atoms with E-state index in [1.807, 2.05) is 31.2 Å². The summed E-state index contributed by atoms with van der Waals surface area (Å²) in [7, 11) is 0. The van der Waals surface area contributed by atoms with Gasteiger partial charge in [-0.15, -0.1) is 11.8 Å². The zero-order valence-corrected chi connectivity index (χ0v) is 24.6. The Hall–Kier alpha value is -3.53. The molecule has 0 spiro atoms. The minimum Gasteiger partial charge on any atom is -0.384 e. The van der Waals surface area contributed by atoms with Crippen molar-refractivity contribution in [1.82, 2.24) is 0 Å². The number of nitriles is 1. The average Bonchev–Trinajstić information content (AvgIpc) is 2.89. The molecule has 3 aromatic rings. The van der Waals surface area contributed by atoms with Crippen molar-refractivity contribution in [3.8, 4) is 6.07 Å². The number of carbonyl (C=O) groups excluding carboxylic acids is 1. The van der Waals surface area contributed by atoms with Crippen LogP contribution in [-0.4, -0.2) is 5.78 Å². The van der Waals surface area contributed by atoms with Gasteiger partial charge in [0.1, 0.15) is 11.6 Å². The highest BCUT2D eigenvalue weighted by molar-refractivity contribution is 7.98. The van der Waals surface area contributed by atoms with E-state index in [0.717, 1.165) is 38.6 Å². The number of aryl methyl sites for hydroxylation is 2. The normalized spacial score (nSPS) is 18.6. The maximum Gasteiger partial charge on any atom is 0.162 e. The summed E-state index contributed by atoms with van der Waals surface area (Å²) in [6, 6.07) is 20.4. The number of ketones is 1. The van der Waals surface area contributed by atoms with E-state index in [4.69, 9.17) is 17.3 Å². The summed E-state index contributed by atoms with van der Waals surface area (Å²) >= 11 is 7.77. The van der Waals surface area contributed by atoms with Gasteiger partial charge in [0.25, 0.3) is 0 Å². The molecule has 5 rings (SSSR count). The van der Waals surface area contributed by atoms with Crippen LogP contribution in [-0.2, 0) is 10.5 Å². The van der Waals surface area contributed by atoms with Crippen LogP contribution >= 0.6 is 23.4 Å². The predicted molar refractivity (Wildman–Crippen MR) is 160 cm³/mol. The molecule has 1 heterocycles. The monoisotopic (exact) mass is 571 g/mol. The van der Waals surface area contributed by atoms with Crippen LogP contribution in [0.4, 0.5) is 10.1 Å². The summed E-state index contributed by atoms with van der Waals surface area (Å²) in [5, 5.41) is 11.1. The molecule has 3 aromatic carbocycles. The lowest BCUT2D eigenvalue weighted by atomic mass is 9.68. The first kappa shape index (κ1) is 28.0. The molecule has 1 unspecified atom stereocenters. The lowest BCUT2D eigenvalue weighted by molar-refractivity contribution is -0.118. The highest BCUT2D eigenvalue weighted by Crippen LogP contribution is 2.51. The van der Waals surface area contributed by atoms with Gasteiger partial charge in [0, 0.05) is 39.0 Å². The number of nitrogens with zero attached hydrogens (tertiary/aromatic N) is 2. The second-order valence-electron chi connectivity index (χ2n) is 11.3. The lowest BCUT2D eigenvalue weighted by Crippen LogP contribution is -2.42. The average molecular weight is 572 g/mol. The number of benzene rings is 3. The van der Waals surface area contributed by atoms with Gasteiger partial charge < -0.3 is 5.73 Å². The Labute approximate surface area is 244 Å². The number of anilines is 1. The third-order valence-corrected chi connectivity index (χ3v) is 9.02. The molecule has 0 amide bonds. The van der Waals surface area contributed by atoms with Crippen molar-refractivity contribution in [3.05, 3.63) is 116 Å². The van der Waals surface area contributed by atoms with Crippen LogP contribution in [0.5, 0.6) is 0 Å². The maximum atomic E-state index is 13.9. The van der Waals surface area contributed by atoms with Crippen LogP contribution in [0, 0.1) is 36.4 Å². The molecule has 1 atom stereocenters. The summed E-state index contributed by atoms with van der Waals surface area (Å²) in [5.74, 6) is 0.0832. The van der Waals surface area contributed by atoms with Crippen molar-refractivity contribution in [2.24, 2.45) is 11.1 Å². The predicted octanol–water partition coefficient (Wildman–Crippen LogP) is 8.33. The molecule has 40 heavy (non-hydrogen) atoms. The highest BCUT2D eigenvalue weighted by atomic mass is 35.5. The molecular weight excluding hydrogens is 541 g/mol. The first-order chi connectivity index (χ1) is 19.0. The number of rotatable bonds is 5. The third kappa shape index (κ3) is 5.29. The Kier molecular flexibility index (Phi) is 7.56. The van der Waals surface area contributed by atoms with Gasteiger partial charge in [0.05, 0.1) is 17.6 Å². The van der Waals surface area contributed by atoms with Crippen molar-refractivity contribution in [1.29, 1.82) is 5.26 Å². The summed E-state index contributed by atoms with van der Waals surface area (Å²) in [6.07, 6.45) is 0.980. The first-order valence-corrected chi connectivity index (χ1v) is 14.6. The standard InChI is InChI=1S/C33H31ClFN3OS/c1-19-13-20(2)26(14-21(19)18-40-25-11-5-22(34)6-12-25)30-27(17-36)32(37)38(24-9-7-23(35)8-10-24)28-15-33(3,4)16-29(39)31(28)30/h5-14,30H,15-16,18,37H2,1-4H3. The van der Waals surface area contributed by atoms with Crippen molar-refractivity contribution < 1.29 is 9.18 Å². The van der Waals surface area contributed by atoms with Crippen molar-refractivity contribution in [2.45, 2.75) is 57.1 Å². The molecule has 0 radical (unpaired) electrons. The second kappa shape index (κ2) is 10.8. The fourth-order valence-corrected chi connectivity index (χ4v) is 6.87. The Balaban J connectivity index is 1.65. The zero-order valence-electron chi connectivity index (χ0n) is 23.0. The van der Waals surface area contributed by atoms with Crippen LogP contribution in [0.15, 0.2) is 88.2 Å². The van der Waals surface area contributed by atoms with Crippen LogP contribution in [0.2, 0.25) is 5.02 Å². The van der Waals surface area contributed by atoms with E-state index in [0.29, 0.717) is 34.7 Å². The van der Waals surface area contributed by atoms with Crippen molar-refractivity contribution >= 4 is 34.8 Å². The van der Waals surface area contributed by atoms with Gasteiger partial charge in [-0.3, -0.25) is 9.69 Å². The molecule has 0 saturated heterocycles. The summed E-state index contributed by atoms with van der Waals surface area (Å²) < 4.78 is 13.8. The number of thioether (sulfide) groups is 1. The van der Waals surface area contributed by atoms with Crippen LogP contribution in [0.25, 0.3) is 0 Å². The maximum absolute atomic E-state index is 13.9. The molecule has 204 valence electrons. The fraction of sp³-hybridized carbons (Fsp3) is 0.273. The van der Waals surface area contributed by atoms with E-state index < -0.39 is 5.92 Å². The molecule has 0 bridgehead atoms. The van der Waals surface area contributed by atoms with Crippen LogP contribution in [0.1, 0.15) is 54.9 Å². The second-order valence-corrected chi connectivity index (χ2v) is 12.8.